The molecule has 2 rings (SSSR count). The number of hydrogen-bond acceptors (Lipinski definition) is 6. The molecule has 0 aliphatic rings. The Morgan fingerprint density at radius 3 is 2.07 bits per heavy atom. The summed E-state index contributed by atoms with van der Waals surface area (Å²) in [5.74, 6) is 0.116. The zero-order valence-electron chi connectivity index (χ0n) is 17.2. The molecule has 0 radical (unpaired) electrons. The van der Waals surface area contributed by atoms with Crippen LogP contribution < -0.4 is 9.50 Å². The van der Waals surface area contributed by atoms with E-state index in [0.717, 1.165) is 5.56 Å². The number of ether oxygens (including phenoxy) is 1. The van der Waals surface area contributed by atoms with Crippen LogP contribution >= 0.6 is 0 Å². The van der Waals surface area contributed by atoms with Gasteiger partial charge in [0.1, 0.15) is 21.8 Å². The van der Waals surface area contributed by atoms with Crippen molar-refractivity contribution in [3.63, 3.8) is 0 Å². The maximum Gasteiger partial charge on any atom is 0.407 e. The Hall–Kier alpha value is -2.58. The first-order chi connectivity index (χ1) is 13.3. The molecule has 2 aromatic carbocycles. The van der Waals surface area contributed by atoms with Crippen molar-refractivity contribution < 1.29 is 27.2 Å². The van der Waals surface area contributed by atoms with Gasteiger partial charge >= 0.3 is 16.2 Å². The number of carbonyl (C=O) groups is 1. The van der Waals surface area contributed by atoms with E-state index in [-0.39, 0.29) is 17.2 Å². The molecule has 0 aromatic heterocycles. The molecule has 7 nitrogen and oxygen atoms in total. The van der Waals surface area contributed by atoms with E-state index in [1.54, 1.807) is 32.9 Å². The lowest BCUT2D eigenvalue weighted by molar-refractivity contribution is 0.0316. The average Bonchev–Trinajstić information content (AvgIpc) is 2.59. The van der Waals surface area contributed by atoms with Gasteiger partial charge in [-0.15, -0.1) is 0 Å². The highest BCUT2D eigenvalue weighted by atomic mass is 32.2. The van der Waals surface area contributed by atoms with E-state index >= 15 is 0 Å². The van der Waals surface area contributed by atoms with E-state index in [0.29, 0.717) is 5.56 Å². The topological polar surface area (TPSA) is 102 Å². The fourth-order valence-electron chi connectivity index (χ4n) is 2.41. The zero-order chi connectivity index (χ0) is 21.9. The van der Waals surface area contributed by atoms with Crippen LogP contribution in [0.3, 0.4) is 0 Å². The molecule has 8 heteroatoms. The van der Waals surface area contributed by atoms with E-state index in [1.807, 2.05) is 6.92 Å². The minimum atomic E-state index is -3.95. The van der Waals surface area contributed by atoms with Gasteiger partial charge in [0.25, 0.3) is 0 Å². The van der Waals surface area contributed by atoms with Gasteiger partial charge in [-0.25, -0.2) is 4.79 Å². The molecule has 0 aliphatic carbocycles. The number of nitrogens with one attached hydrogen (secondary N) is 1. The maximum absolute atomic E-state index is 12.4. The smallest absolute Gasteiger partial charge is 0.407 e. The van der Waals surface area contributed by atoms with Crippen molar-refractivity contribution in [1.82, 2.24) is 5.32 Å². The van der Waals surface area contributed by atoms with Crippen LogP contribution in [-0.2, 0) is 20.5 Å². The molecule has 0 aliphatic heterocycles. The molecule has 0 bridgehead atoms. The lowest BCUT2D eigenvalue weighted by Crippen LogP contribution is -2.41. The molecule has 29 heavy (non-hydrogen) atoms. The van der Waals surface area contributed by atoms with E-state index in [4.69, 9.17) is 8.92 Å². The standard InChI is InChI=1S/C21H27NO6S/c1-15-6-12-18(13-7-15)29(25,26)28-17-10-8-16(9-11-17)21(5,24)14-22-19(23)27-20(2,3)4/h6-13,24H,14H2,1-5H3,(H,22,23). The average molecular weight is 422 g/mol. The minimum absolute atomic E-state index is 0.0562. The minimum Gasteiger partial charge on any atom is -0.444 e. The van der Waals surface area contributed by atoms with Gasteiger partial charge in [-0.05, 0) is 64.4 Å². The quantitative estimate of drug-likeness (QED) is 0.692. The lowest BCUT2D eigenvalue weighted by Gasteiger charge is -2.26. The number of hydrogen-bond donors (Lipinski definition) is 2. The first kappa shape index (κ1) is 22.7. The molecule has 0 saturated carbocycles. The van der Waals surface area contributed by atoms with Crippen LogP contribution in [0.15, 0.2) is 53.4 Å². The molecule has 1 unspecified atom stereocenters. The Balaban J connectivity index is 2.05. The highest BCUT2D eigenvalue weighted by Crippen LogP contribution is 2.25. The van der Waals surface area contributed by atoms with Crippen LogP contribution in [0.4, 0.5) is 4.79 Å². The number of aliphatic hydroxyl groups is 1. The molecule has 0 heterocycles. The first-order valence-corrected chi connectivity index (χ1v) is 10.5. The van der Waals surface area contributed by atoms with Gasteiger partial charge in [0.05, 0.1) is 6.54 Å². The summed E-state index contributed by atoms with van der Waals surface area (Å²) < 4.78 is 35.0. The van der Waals surface area contributed by atoms with Gasteiger partial charge < -0.3 is 19.3 Å². The summed E-state index contributed by atoms with van der Waals surface area (Å²) in [4.78, 5) is 11.8. The third-order valence-corrected chi connectivity index (χ3v) is 5.23. The largest absolute Gasteiger partial charge is 0.444 e. The van der Waals surface area contributed by atoms with Gasteiger partial charge in [0.15, 0.2) is 0 Å². The Morgan fingerprint density at radius 2 is 1.55 bits per heavy atom. The Morgan fingerprint density at radius 1 is 1.00 bits per heavy atom. The second-order valence-electron chi connectivity index (χ2n) is 8.00. The Labute approximate surface area is 171 Å². The molecule has 0 spiro atoms. The summed E-state index contributed by atoms with van der Waals surface area (Å²) in [7, 11) is -3.95. The highest BCUT2D eigenvalue weighted by molar-refractivity contribution is 7.87. The van der Waals surface area contributed by atoms with Crippen LogP contribution in [-0.4, -0.2) is 31.8 Å². The zero-order valence-corrected chi connectivity index (χ0v) is 18.0. The number of aryl methyl sites for hydroxylation is 1. The summed E-state index contributed by atoms with van der Waals surface area (Å²) >= 11 is 0. The fourth-order valence-corrected chi connectivity index (χ4v) is 3.34. The van der Waals surface area contributed by atoms with Crippen LogP contribution in [0.5, 0.6) is 5.75 Å². The fraction of sp³-hybridized carbons (Fsp3) is 0.381. The lowest BCUT2D eigenvalue weighted by atomic mass is 9.96. The van der Waals surface area contributed by atoms with Crippen LogP contribution in [0.25, 0.3) is 0 Å². The third-order valence-electron chi connectivity index (χ3n) is 3.97. The van der Waals surface area contributed by atoms with Gasteiger partial charge in [0.2, 0.25) is 0 Å². The van der Waals surface area contributed by atoms with Crippen molar-refractivity contribution in [2.24, 2.45) is 0 Å². The van der Waals surface area contributed by atoms with Gasteiger partial charge in [-0.2, -0.15) is 8.42 Å². The van der Waals surface area contributed by atoms with E-state index < -0.39 is 27.4 Å². The molecule has 1 atom stereocenters. The van der Waals surface area contributed by atoms with E-state index in [2.05, 4.69) is 5.32 Å². The van der Waals surface area contributed by atoms with Crippen LogP contribution in [0, 0.1) is 6.92 Å². The second-order valence-corrected chi connectivity index (χ2v) is 9.55. The van der Waals surface area contributed by atoms with Crippen molar-refractivity contribution in [2.45, 2.75) is 50.7 Å². The highest BCUT2D eigenvalue weighted by Gasteiger charge is 2.26. The summed E-state index contributed by atoms with van der Waals surface area (Å²) in [6.07, 6.45) is -0.637. The molecule has 2 aromatic rings. The van der Waals surface area contributed by atoms with Gasteiger partial charge in [-0.1, -0.05) is 29.8 Å². The summed E-state index contributed by atoms with van der Waals surface area (Å²) in [6.45, 7) is 8.54. The number of amides is 1. The number of carbonyl (C=O) groups excluding carboxylic acids is 1. The molecule has 0 fully saturated rings. The molecular weight excluding hydrogens is 394 g/mol. The van der Waals surface area contributed by atoms with Crippen molar-refractivity contribution in [2.75, 3.05) is 6.54 Å². The number of alkyl carbamates (subject to hydrolysis) is 1. The third kappa shape index (κ3) is 6.76. The maximum atomic E-state index is 12.4. The van der Waals surface area contributed by atoms with E-state index in [9.17, 15) is 18.3 Å². The number of rotatable bonds is 6. The van der Waals surface area contributed by atoms with E-state index in [1.165, 1.54) is 43.3 Å². The predicted octanol–water partition coefficient (Wildman–Crippen LogP) is 3.49. The monoisotopic (exact) mass is 421 g/mol. The van der Waals surface area contributed by atoms with Crippen molar-refractivity contribution in [1.29, 1.82) is 0 Å². The second kappa shape index (κ2) is 8.42. The summed E-state index contributed by atoms with van der Waals surface area (Å²) in [5.41, 5.74) is -0.604. The van der Waals surface area contributed by atoms with Gasteiger partial charge in [-0.3, -0.25) is 0 Å². The molecule has 1 amide bonds. The summed E-state index contributed by atoms with van der Waals surface area (Å²) in [5, 5.41) is 13.1. The molecule has 158 valence electrons. The molecule has 0 saturated heterocycles. The van der Waals surface area contributed by atoms with Crippen molar-refractivity contribution in [3.05, 3.63) is 59.7 Å². The first-order valence-electron chi connectivity index (χ1n) is 9.09. The number of benzene rings is 2. The predicted molar refractivity (Wildman–Crippen MR) is 109 cm³/mol. The molecular formula is C21H27NO6S. The van der Waals surface area contributed by atoms with Crippen LogP contribution in [0.1, 0.15) is 38.8 Å². The van der Waals surface area contributed by atoms with Gasteiger partial charge in [0, 0.05) is 0 Å². The van der Waals surface area contributed by atoms with Crippen molar-refractivity contribution in [3.8, 4) is 5.75 Å². The van der Waals surface area contributed by atoms with Crippen molar-refractivity contribution >= 4 is 16.2 Å². The molecule has 2 N–H and O–H groups in total. The SMILES string of the molecule is Cc1ccc(S(=O)(=O)Oc2ccc(C(C)(O)CNC(=O)OC(C)(C)C)cc2)cc1. The normalized spacial score (nSPS) is 14.0. The summed E-state index contributed by atoms with van der Waals surface area (Å²) in [6, 6.07) is 12.3. The van der Waals surface area contributed by atoms with Crippen LogP contribution in [0.2, 0.25) is 0 Å². The Kier molecular flexibility index (Phi) is 6.60. The Bertz CT molecular complexity index is 942.